The number of halogens is 2. The van der Waals surface area contributed by atoms with Crippen LogP contribution in [0.3, 0.4) is 0 Å². The first-order valence-electron chi connectivity index (χ1n) is 6.19. The Labute approximate surface area is 131 Å². The molecule has 1 aliphatic heterocycles. The Hall–Kier alpha value is -1.88. The molecule has 0 aromatic heterocycles. The summed E-state index contributed by atoms with van der Waals surface area (Å²) in [5, 5.41) is 10.4. The average Bonchev–Trinajstić information content (AvgIpc) is 2.59. The van der Waals surface area contributed by atoms with Gasteiger partial charge in [-0.1, -0.05) is 48.0 Å². The molecule has 0 radical (unpaired) electrons. The highest BCUT2D eigenvalue weighted by atomic mass is 35.5. The number of amides is 1. The lowest BCUT2D eigenvalue weighted by molar-refractivity contribution is -0.124. The molecule has 0 saturated carbocycles. The van der Waals surface area contributed by atoms with E-state index in [-0.39, 0.29) is 0 Å². The Kier molecular flexibility index (Phi) is 3.68. The zero-order valence-corrected chi connectivity index (χ0v) is 12.2. The van der Waals surface area contributed by atoms with Crippen molar-refractivity contribution in [3.8, 4) is 0 Å². The first-order chi connectivity index (χ1) is 10.1. The van der Waals surface area contributed by atoms with Gasteiger partial charge < -0.3 is 5.11 Å². The Bertz CT molecular complexity index is 746. The zero-order chi connectivity index (χ0) is 15.0. The lowest BCUT2D eigenvalue weighted by Crippen LogP contribution is -2.30. The van der Waals surface area contributed by atoms with Gasteiger partial charge in [0.05, 0.1) is 11.4 Å². The van der Waals surface area contributed by atoms with E-state index in [1.165, 1.54) is 0 Å². The number of rotatable bonds is 1. The summed E-state index contributed by atoms with van der Waals surface area (Å²) in [6.45, 7) is 0. The molecule has 1 N–H and O–H groups in total. The molecule has 0 aliphatic carbocycles. The quantitative estimate of drug-likeness (QED) is 0.821. The molecule has 1 unspecified atom stereocenters. The first-order valence-corrected chi connectivity index (χ1v) is 6.91. The number of aliphatic imine (C=N–C) groups is 1. The zero-order valence-electron chi connectivity index (χ0n) is 10.7. The third-order valence-corrected chi connectivity index (χ3v) is 3.84. The fourth-order valence-electron chi connectivity index (χ4n) is 2.18. The second kappa shape index (κ2) is 5.48. The van der Waals surface area contributed by atoms with Crippen molar-refractivity contribution in [2.24, 2.45) is 4.99 Å². The SMILES string of the molecule is O=C1C(O)N=C(c2ccccc2Cl)c2ccccc2N1Cl. The molecule has 2 aromatic carbocycles. The molecule has 4 nitrogen and oxygen atoms in total. The third kappa shape index (κ3) is 2.42. The Morgan fingerprint density at radius 2 is 1.67 bits per heavy atom. The maximum absolute atomic E-state index is 12.0. The van der Waals surface area contributed by atoms with Crippen LogP contribution in [0, 0.1) is 0 Å². The van der Waals surface area contributed by atoms with Crippen LogP contribution in [-0.2, 0) is 4.79 Å². The van der Waals surface area contributed by atoms with Crippen LogP contribution >= 0.6 is 23.4 Å². The number of hydrogen-bond donors (Lipinski definition) is 1. The maximum atomic E-state index is 12.0. The highest BCUT2D eigenvalue weighted by Crippen LogP contribution is 2.31. The van der Waals surface area contributed by atoms with Crippen LogP contribution in [-0.4, -0.2) is 23.0 Å². The first kappa shape index (κ1) is 14.1. The lowest BCUT2D eigenvalue weighted by atomic mass is 10.0. The van der Waals surface area contributed by atoms with E-state index in [0.29, 0.717) is 27.5 Å². The monoisotopic (exact) mass is 320 g/mol. The number of fused-ring (bicyclic) bond motifs is 1. The Balaban J connectivity index is 2.28. The van der Waals surface area contributed by atoms with Crippen LogP contribution in [0.4, 0.5) is 5.69 Å². The van der Waals surface area contributed by atoms with Crippen LogP contribution in [0.2, 0.25) is 5.02 Å². The molecule has 0 bridgehead atoms. The fourth-order valence-corrected chi connectivity index (χ4v) is 2.64. The van der Waals surface area contributed by atoms with Gasteiger partial charge in [-0.25, -0.2) is 9.41 Å². The van der Waals surface area contributed by atoms with Crippen molar-refractivity contribution in [3.05, 3.63) is 64.7 Å². The Morgan fingerprint density at radius 3 is 2.38 bits per heavy atom. The minimum atomic E-state index is -1.57. The number of benzodiazepines with no additional fused rings is 1. The van der Waals surface area contributed by atoms with Gasteiger partial charge in [0.1, 0.15) is 0 Å². The van der Waals surface area contributed by atoms with E-state index in [2.05, 4.69) is 4.99 Å². The van der Waals surface area contributed by atoms with E-state index < -0.39 is 12.1 Å². The third-order valence-electron chi connectivity index (χ3n) is 3.17. The van der Waals surface area contributed by atoms with Gasteiger partial charge in [-0.15, -0.1) is 0 Å². The molecule has 0 spiro atoms. The van der Waals surface area contributed by atoms with Gasteiger partial charge in [0.2, 0.25) is 6.23 Å². The second-order valence-electron chi connectivity index (χ2n) is 4.47. The maximum Gasteiger partial charge on any atom is 0.293 e. The summed E-state index contributed by atoms with van der Waals surface area (Å²) in [4.78, 5) is 16.1. The molecular weight excluding hydrogens is 311 g/mol. The highest BCUT2D eigenvalue weighted by molar-refractivity contribution is 6.41. The molecule has 1 amide bonds. The smallest absolute Gasteiger partial charge is 0.293 e. The van der Waals surface area contributed by atoms with Crippen LogP contribution < -0.4 is 4.42 Å². The standard InChI is InChI=1S/C15H10Cl2N2O2/c16-11-7-3-1-5-9(11)13-10-6-2-4-8-12(10)19(17)15(21)14(20)18-13/h1-8,14,20H. The second-order valence-corrected chi connectivity index (χ2v) is 5.21. The van der Waals surface area contributed by atoms with Crippen molar-refractivity contribution in [3.63, 3.8) is 0 Å². The number of benzene rings is 2. The van der Waals surface area contributed by atoms with Crippen LogP contribution in [0.25, 0.3) is 0 Å². The summed E-state index contributed by atoms with van der Waals surface area (Å²) >= 11 is 12.2. The molecule has 21 heavy (non-hydrogen) atoms. The number of carbonyl (C=O) groups is 1. The number of para-hydroxylation sites is 1. The predicted molar refractivity (Wildman–Crippen MR) is 82.9 cm³/mol. The summed E-state index contributed by atoms with van der Waals surface area (Å²) in [7, 11) is 0. The van der Waals surface area contributed by atoms with E-state index in [1.54, 1.807) is 42.5 Å². The molecule has 6 heteroatoms. The average molecular weight is 321 g/mol. The van der Waals surface area contributed by atoms with E-state index in [9.17, 15) is 9.90 Å². The molecular formula is C15H10Cl2N2O2. The molecule has 3 rings (SSSR count). The lowest BCUT2D eigenvalue weighted by Gasteiger charge is -2.15. The molecule has 1 heterocycles. The van der Waals surface area contributed by atoms with Crippen molar-refractivity contribution in [1.82, 2.24) is 0 Å². The summed E-state index contributed by atoms with van der Waals surface area (Å²) in [6.07, 6.45) is -1.57. The highest BCUT2D eigenvalue weighted by Gasteiger charge is 2.30. The van der Waals surface area contributed by atoms with Crippen molar-refractivity contribution in [2.45, 2.75) is 6.23 Å². The van der Waals surface area contributed by atoms with Crippen molar-refractivity contribution < 1.29 is 9.90 Å². The van der Waals surface area contributed by atoms with Crippen LogP contribution in [0.15, 0.2) is 53.5 Å². The number of carbonyl (C=O) groups excluding carboxylic acids is 1. The number of nitrogens with zero attached hydrogens (tertiary/aromatic N) is 2. The molecule has 1 atom stereocenters. The van der Waals surface area contributed by atoms with Crippen molar-refractivity contribution in [2.75, 3.05) is 4.42 Å². The normalized spacial score (nSPS) is 18.0. The van der Waals surface area contributed by atoms with Gasteiger partial charge in [-0.3, -0.25) is 4.79 Å². The van der Waals surface area contributed by atoms with Gasteiger partial charge in [0.15, 0.2) is 0 Å². The van der Waals surface area contributed by atoms with Crippen molar-refractivity contribution >= 4 is 40.7 Å². The summed E-state index contributed by atoms with van der Waals surface area (Å²) in [5.74, 6) is -0.703. The molecule has 2 aromatic rings. The van der Waals surface area contributed by atoms with E-state index in [1.807, 2.05) is 6.07 Å². The predicted octanol–water partition coefficient (Wildman–Crippen LogP) is 3.00. The summed E-state index contributed by atoms with van der Waals surface area (Å²) in [5.41, 5.74) is 2.15. The van der Waals surface area contributed by atoms with Crippen molar-refractivity contribution in [1.29, 1.82) is 0 Å². The minimum absolute atomic E-state index is 0.431. The number of hydrogen-bond acceptors (Lipinski definition) is 3. The topological polar surface area (TPSA) is 52.9 Å². The molecule has 0 saturated heterocycles. The van der Waals surface area contributed by atoms with Gasteiger partial charge in [0, 0.05) is 27.9 Å². The number of aliphatic hydroxyl groups is 1. The van der Waals surface area contributed by atoms with E-state index >= 15 is 0 Å². The summed E-state index contributed by atoms with van der Waals surface area (Å²) < 4.78 is 0.882. The molecule has 106 valence electrons. The minimum Gasteiger partial charge on any atom is -0.364 e. The van der Waals surface area contributed by atoms with Gasteiger partial charge in [-0.2, -0.15) is 0 Å². The van der Waals surface area contributed by atoms with Gasteiger partial charge >= 0.3 is 0 Å². The molecule has 1 aliphatic rings. The Morgan fingerprint density at radius 1 is 1.05 bits per heavy atom. The largest absolute Gasteiger partial charge is 0.364 e. The summed E-state index contributed by atoms with van der Waals surface area (Å²) in [6, 6.07) is 14.1. The number of aliphatic hydroxyl groups excluding tert-OH is 1. The molecule has 0 fully saturated rings. The fraction of sp³-hybridized carbons (Fsp3) is 0.0667. The van der Waals surface area contributed by atoms with Gasteiger partial charge in [0.25, 0.3) is 5.91 Å². The van der Waals surface area contributed by atoms with Crippen LogP contribution in [0.5, 0.6) is 0 Å². The van der Waals surface area contributed by atoms with E-state index in [0.717, 1.165) is 4.42 Å². The van der Waals surface area contributed by atoms with Crippen LogP contribution in [0.1, 0.15) is 11.1 Å². The van der Waals surface area contributed by atoms with E-state index in [4.69, 9.17) is 23.4 Å². The van der Waals surface area contributed by atoms with Gasteiger partial charge in [-0.05, 0) is 12.1 Å². The number of anilines is 1.